The summed E-state index contributed by atoms with van der Waals surface area (Å²) in [6.07, 6.45) is 1.19. The van der Waals surface area contributed by atoms with Crippen molar-refractivity contribution in [1.82, 2.24) is 5.32 Å². The fourth-order valence-electron chi connectivity index (χ4n) is 1.80. The number of carbonyl (C=O) groups excluding carboxylic acids is 1. The Hall–Kier alpha value is -1.75. The number of phenolic OH excluding ortho intramolecular Hbond substituents is 1. The van der Waals surface area contributed by atoms with Crippen LogP contribution in [0.3, 0.4) is 0 Å². The SMILES string of the molecule is O=C(Nc1cccc(O)c1)OC1CCNCC1. The Morgan fingerprint density at radius 3 is 2.88 bits per heavy atom. The van der Waals surface area contributed by atoms with Crippen LogP contribution in [0.2, 0.25) is 0 Å². The summed E-state index contributed by atoms with van der Waals surface area (Å²) in [5.74, 6) is 0.115. The number of amides is 1. The molecule has 0 aliphatic carbocycles. The van der Waals surface area contributed by atoms with E-state index in [1.807, 2.05) is 0 Å². The summed E-state index contributed by atoms with van der Waals surface area (Å²) >= 11 is 0. The van der Waals surface area contributed by atoms with Crippen molar-refractivity contribution in [2.75, 3.05) is 18.4 Å². The molecule has 5 nitrogen and oxygen atoms in total. The van der Waals surface area contributed by atoms with E-state index >= 15 is 0 Å². The molecule has 5 heteroatoms. The van der Waals surface area contributed by atoms with Crippen molar-refractivity contribution in [1.29, 1.82) is 0 Å². The molecule has 0 unspecified atom stereocenters. The van der Waals surface area contributed by atoms with Crippen molar-refractivity contribution < 1.29 is 14.6 Å². The average Bonchev–Trinajstić information content (AvgIpc) is 2.30. The lowest BCUT2D eigenvalue weighted by atomic mass is 10.1. The van der Waals surface area contributed by atoms with Crippen LogP contribution < -0.4 is 10.6 Å². The van der Waals surface area contributed by atoms with Gasteiger partial charge in [-0.15, -0.1) is 0 Å². The van der Waals surface area contributed by atoms with Gasteiger partial charge < -0.3 is 15.2 Å². The van der Waals surface area contributed by atoms with Crippen LogP contribution >= 0.6 is 0 Å². The second-order valence-electron chi connectivity index (χ2n) is 4.03. The van der Waals surface area contributed by atoms with E-state index in [1.54, 1.807) is 18.2 Å². The summed E-state index contributed by atoms with van der Waals surface area (Å²) in [4.78, 5) is 11.6. The number of phenols is 1. The molecule has 1 saturated heterocycles. The van der Waals surface area contributed by atoms with Gasteiger partial charge in [0.25, 0.3) is 0 Å². The number of carbonyl (C=O) groups is 1. The number of anilines is 1. The predicted octanol–water partition coefficient (Wildman–Crippen LogP) is 1.69. The van der Waals surface area contributed by atoms with Gasteiger partial charge in [0.1, 0.15) is 11.9 Å². The van der Waals surface area contributed by atoms with Gasteiger partial charge in [-0.25, -0.2) is 4.79 Å². The highest BCUT2D eigenvalue weighted by molar-refractivity contribution is 5.84. The molecule has 1 fully saturated rings. The van der Waals surface area contributed by atoms with Crippen molar-refractivity contribution in [2.24, 2.45) is 0 Å². The maximum Gasteiger partial charge on any atom is 0.411 e. The van der Waals surface area contributed by atoms with Crippen LogP contribution in [0.4, 0.5) is 10.5 Å². The number of nitrogens with one attached hydrogen (secondary N) is 2. The van der Waals surface area contributed by atoms with E-state index in [9.17, 15) is 9.90 Å². The standard InChI is InChI=1S/C12H16N2O3/c15-10-3-1-2-9(8-10)14-12(16)17-11-4-6-13-7-5-11/h1-3,8,11,13,15H,4-7H2,(H,14,16). The van der Waals surface area contributed by atoms with E-state index in [4.69, 9.17) is 4.74 Å². The minimum atomic E-state index is -0.470. The molecule has 17 heavy (non-hydrogen) atoms. The molecule has 1 heterocycles. The Kier molecular flexibility index (Phi) is 3.82. The fourth-order valence-corrected chi connectivity index (χ4v) is 1.80. The molecule has 1 amide bonds. The number of ether oxygens (including phenoxy) is 1. The normalized spacial score (nSPS) is 16.5. The van der Waals surface area contributed by atoms with Crippen LogP contribution in [-0.4, -0.2) is 30.4 Å². The maximum atomic E-state index is 11.6. The summed E-state index contributed by atoms with van der Waals surface area (Å²) < 4.78 is 5.26. The number of hydrogen-bond donors (Lipinski definition) is 3. The molecule has 0 spiro atoms. The molecule has 1 aliphatic heterocycles. The van der Waals surface area contributed by atoms with Crippen molar-refractivity contribution in [3.8, 4) is 5.75 Å². The molecule has 0 saturated carbocycles. The molecule has 0 atom stereocenters. The molecular weight excluding hydrogens is 220 g/mol. The first kappa shape index (κ1) is 11.7. The molecule has 1 aromatic carbocycles. The molecule has 2 rings (SSSR count). The van der Waals surface area contributed by atoms with Gasteiger partial charge in [0.15, 0.2) is 0 Å². The summed E-state index contributed by atoms with van der Waals surface area (Å²) in [5, 5.41) is 15.0. The third-order valence-electron chi connectivity index (χ3n) is 2.65. The van der Waals surface area contributed by atoms with E-state index in [1.165, 1.54) is 6.07 Å². The minimum absolute atomic E-state index is 0.0199. The lowest BCUT2D eigenvalue weighted by Crippen LogP contribution is -2.34. The molecular formula is C12H16N2O3. The predicted molar refractivity (Wildman–Crippen MR) is 64.1 cm³/mol. The molecule has 92 valence electrons. The zero-order valence-corrected chi connectivity index (χ0v) is 9.48. The minimum Gasteiger partial charge on any atom is -0.508 e. The largest absolute Gasteiger partial charge is 0.508 e. The number of piperidine rings is 1. The Balaban J connectivity index is 1.84. The second kappa shape index (κ2) is 5.54. The first-order valence-electron chi connectivity index (χ1n) is 5.71. The number of rotatable bonds is 2. The second-order valence-corrected chi connectivity index (χ2v) is 4.03. The number of aromatic hydroxyl groups is 1. The number of hydrogen-bond acceptors (Lipinski definition) is 4. The Labute approximate surface area is 99.8 Å². The summed E-state index contributed by atoms with van der Waals surface area (Å²) in [6.45, 7) is 1.76. The van der Waals surface area contributed by atoms with E-state index < -0.39 is 6.09 Å². The summed E-state index contributed by atoms with van der Waals surface area (Å²) in [6, 6.07) is 6.38. The third kappa shape index (κ3) is 3.64. The number of benzene rings is 1. The molecule has 0 bridgehead atoms. The van der Waals surface area contributed by atoms with E-state index in [2.05, 4.69) is 10.6 Å². The zero-order chi connectivity index (χ0) is 12.1. The molecule has 0 aromatic heterocycles. The topological polar surface area (TPSA) is 70.6 Å². The van der Waals surface area contributed by atoms with Crippen molar-refractivity contribution in [2.45, 2.75) is 18.9 Å². The molecule has 0 radical (unpaired) electrons. The molecule has 1 aromatic rings. The lowest BCUT2D eigenvalue weighted by Gasteiger charge is -2.22. The summed E-state index contributed by atoms with van der Waals surface area (Å²) in [5.41, 5.74) is 0.531. The van der Waals surface area contributed by atoms with Crippen LogP contribution in [0.15, 0.2) is 24.3 Å². The van der Waals surface area contributed by atoms with Gasteiger partial charge in [0.05, 0.1) is 0 Å². The lowest BCUT2D eigenvalue weighted by molar-refractivity contribution is 0.0909. The summed E-state index contributed by atoms with van der Waals surface area (Å²) in [7, 11) is 0. The van der Waals surface area contributed by atoms with Crippen molar-refractivity contribution in [3.63, 3.8) is 0 Å². The third-order valence-corrected chi connectivity index (χ3v) is 2.65. The molecule has 1 aliphatic rings. The first-order valence-corrected chi connectivity index (χ1v) is 5.71. The van der Waals surface area contributed by atoms with Gasteiger partial charge in [-0.05, 0) is 38.1 Å². The Bertz CT molecular complexity index is 389. The van der Waals surface area contributed by atoms with Crippen LogP contribution in [0, 0.1) is 0 Å². The quantitative estimate of drug-likeness (QED) is 0.730. The van der Waals surface area contributed by atoms with Crippen LogP contribution in [0.5, 0.6) is 5.75 Å². The molecule has 3 N–H and O–H groups in total. The zero-order valence-electron chi connectivity index (χ0n) is 9.48. The van der Waals surface area contributed by atoms with E-state index in [0.29, 0.717) is 5.69 Å². The highest BCUT2D eigenvalue weighted by atomic mass is 16.6. The monoisotopic (exact) mass is 236 g/mol. The van der Waals surface area contributed by atoms with Gasteiger partial charge in [-0.1, -0.05) is 6.07 Å². The average molecular weight is 236 g/mol. The van der Waals surface area contributed by atoms with Gasteiger partial charge in [0.2, 0.25) is 0 Å². The fraction of sp³-hybridized carbons (Fsp3) is 0.417. The van der Waals surface area contributed by atoms with Crippen molar-refractivity contribution >= 4 is 11.8 Å². The highest BCUT2D eigenvalue weighted by Gasteiger charge is 2.17. The van der Waals surface area contributed by atoms with Crippen molar-refractivity contribution in [3.05, 3.63) is 24.3 Å². The van der Waals surface area contributed by atoms with E-state index in [-0.39, 0.29) is 11.9 Å². The van der Waals surface area contributed by atoms with Gasteiger partial charge in [-0.3, -0.25) is 5.32 Å². The van der Waals surface area contributed by atoms with Gasteiger partial charge >= 0.3 is 6.09 Å². The Morgan fingerprint density at radius 1 is 1.41 bits per heavy atom. The van der Waals surface area contributed by atoms with Gasteiger partial charge in [-0.2, -0.15) is 0 Å². The maximum absolute atomic E-state index is 11.6. The van der Waals surface area contributed by atoms with E-state index in [0.717, 1.165) is 25.9 Å². The first-order chi connectivity index (χ1) is 8.24. The smallest absolute Gasteiger partial charge is 0.411 e. The van der Waals surface area contributed by atoms with Gasteiger partial charge in [0, 0.05) is 11.8 Å². The van der Waals surface area contributed by atoms with Crippen LogP contribution in [0.25, 0.3) is 0 Å². The van der Waals surface area contributed by atoms with Crippen LogP contribution in [-0.2, 0) is 4.74 Å². The van der Waals surface area contributed by atoms with Crippen LogP contribution in [0.1, 0.15) is 12.8 Å². The highest BCUT2D eigenvalue weighted by Crippen LogP contribution is 2.16. The Morgan fingerprint density at radius 2 is 2.18 bits per heavy atom.